The predicted octanol–water partition coefficient (Wildman–Crippen LogP) is 3.05. The smallest absolute Gasteiger partial charge is 0.0994 e. The van der Waals surface area contributed by atoms with Crippen LogP contribution in [0.4, 0.5) is 0 Å². The van der Waals surface area contributed by atoms with Gasteiger partial charge >= 0.3 is 0 Å². The molecular weight excluding hydrogens is 170 g/mol. The summed E-state index contributed by atoms with van der Waals surface area (Å²) in [5, 5.41) is 9.06. The van der Waals surface area contributed by atoms with Gasteiger partial charge in [0.25, 0.3) is 0 Å². The topological polar surface area (TPSA) is 23.8 Å². The van der Waals surface area contributed by atoms with Crippen molar-refractivity contribution in [3.63, 3.8) is 0 Å². The van der Waals surface area contributed by atoms with E-state index in [-0.39, 0.29) is 0 Å². The third-order valence-corrected chi connectivity index (χ3v) is 3.32. The number of nitriles is 1. The van der Waals surface area contributed by atoms with Gasteiger partial charge < -0.3 is 0 Å². The Balaban J connectivity index is 2.68. The van der Waals surface area contributed by atoms with Crippen molar-refractivity contribution in [1.29, 1.82) is 5.26 Å². The van der Waals surface area contributed by atoms with Crippen LogP contribution in [-0.4, -0.2) is 0 Å². The molecule has 0 fully saturated rings. The van der Waals surface area contributed by atoms with Gasteiger partial charge in [0.15, 0.2) is 0 Å². The molecule has 0 bridgehead atoms. The summed E-state index contributed by atoms with van der Waals surface area (Å²) in [5.41, 5.74) is 6.35. The summed E-state index contributed by atoms with van der Waals surface area (Å²) in [4.78, 5) is 0. The fourth-order valence-corrected chi connectivity index (χ4v) is 2.37. The van der Waals surface area contributed by atoms with E-state index >= 15 is 0 Å². The van der Waals surface area contributed by atoms with Crippen LogP contribution in [0.25, 0.3) is 0 Å². The normalized spacial score (nSPS) is 14.6. The van der Waals surface area contributed by atoms with Gasteiger partial charge in [-0.3, -0.25) is 0 Å². The molecule has 0 amide bonds. The van der Waals surface area contributed by atoms with Crippen LogP contribution in [0.2, 0.25) is 0 Å². The molecule has 0 aliphatic heterocycles. The van der Waals surface area contributed by atoms with E-state index in [4.69, 9.17) is 5.26 Å². The number of benzene rings is 1. The summed E-state index contributed by atoms with van der Waals surface area (Å²) in [7, 11) is 0. The second kappa shape index (κ2) is 3.46. The predicted molar refractivity (Wildman–Crippen MR) is 57.3 cm³/mol. The van der Waals surface area contributed by atoms with Crippen molar-refractivity contribution in [3.8, 4) is 6.07 Å². The van der Waals surface area contributed by atoms with Crippen molar-refractivity contribution in [2.45, 2.75) is 39.5 Å². The van der Waals surface area contributed by atoms with Gasteiger partial charge in [0.1, 0.15) is 0 Å². The third-order valence-electron chi connectivity index (χ3n) is 3.32. The lowest BCUT2D eigenvalue weighted by atomic mass is 9.84. The van der Waals surface area contributed by atoms with Crippen molar-refractivity contribution in [3.05, 3.63) is 33.9 Å². The Morgan fingerprint density at radius 3 is 2.43 bits per heavy atom. The zero-order chi connectivity index (χ0) is 10.1. The molecule has 0 radical (unpaired) electrons. The summed E-state index contributed by atoms with van der Waals surface area (Å²) >= 11 is 0. The quantitative estimate of drug-likeness (QED) is 0.609. The minimum Gasteiger partial charge on any atom is -0.192 e. The van der Waals surface area contributed by atoms with Crippen LogP contribution in [-0.2, 0) is 12.8 Å². The highest BCUT2D eigenvalue weighted by atomic mass is 14.3. The molecule has 0 atom stereocenters. The fourth-order valence-electron chi connectivity index (χ4n) is 2.37. The highest BCUT2D eigenvalue weighted by molar-refractivity contribution is 5.51. The highest BCUT2D eigenvalue weighted by Gasteiger charge is 2.16. The molecule has 1 aromatic carbocycles. The maximum absolute atomic E-state index is 9.06. The Morgan fingerprint density at radius 1 is 1.14 bits per heavy atom. The second-order valence-electron chi connectivity index (χ2n) is 4.14. The van der Waals surface area contributed by atoms with Crippen molar-refractivity contribution < 1.29 is 0 Å². The van der Waals surface area contributed by atoms with Crippen LogP contribution in [0.15, 0.2) is 6.07 Å². The summed E-state index contributed by atoms with van der Waals surface area (Å²) in [6.45, 7) is 4.28. The Kier molecular flexibility index (Phi) is 2.29. The molecule has 0 unspecified atom stereocenters. The first-order valence-electron chi connectivity index (χ1n) is 5.26. The molecule has 0 spiro atoms. The van der Waals surface area contributed by atoms with Crippen LogP contribution < -0.4 is 0 Å². The molecule has 0 N–H and O–H groups in total. The summed E-state index contributed by atoms with van der Waals surface area (Å²) in [6, 6.07) is 4.36. The highest BCUT2D eigenvalue weighted by Crippen LogP contribution is 2.29. The van der Waals surface area contributed by atoms with Crippen molar-refractivity contribution >= 4 is 0 Å². The van der Waals surface area contributed by atoms with Crippen LogP contribution in [0.3, 0.4) is 0 Å². The Labute approximate surface area is 85.4 Å². The first-order valence-corrected chi connectivity index (χ1v) is 5.26. The summed E-state index contributed by atoms with van der Waals surface area (Å²) < 4.78 is 0. The van der Waals surface area contributed by atoms with Crippen LogP contribution >= 0.6 is 0 Å². The van der Waals surface area contributed by atoms with E-state index in [0.29, 0.717) is 0 Å². The molecule has 1 heteroatoms. The standard InChI is InChI=1S/C13H15N/c1-9-7-11(8-14)13-6-4-3-5-12(13)10(9)2/h7H,3-6H2,1-2H3. The van der Waals surface area contributed by atoms with E-state index < -0.39 is 0 Å². The molecule has 1 nitrogen and oxygen atoms in total. The van der Waals surface area contributed by atoms with Crippen molar-refractivity contribution in [2.75, 3.05) is 0 Å². The number of nitrogens with zero attached hydrogens (tertiary/aromatic N) is 1. The van der Waals surface area contributed by atoms with E-state index in [9.17, 15) is 0 Å². The van der Waals surface area contributed by atoms with E-state index in [1.165, 1.54) is 35.1 Å². The van der Waals surface area contributed by atoms with E-state index in [0.717, 1.165) is 18.4 Å². The first-order chi connectivity index (χ1) is 6.74. The Bertz CT molecular complexity index is 410. The average Bonchev–Trinajstić information content (AvgIpc) is 2.23. The minimum absolute atomic E-state index is 0.905. The van der Waals surface area contributed by atoms with Gasteiger partial charge in [0.05, 0.1) is 11.6 Å². The van der Waals surface area contributed by atoms with Gasteiger partial charge in [-0.2, -0.15) is 5.26 Å². The largest absolute Gasteiger partial charge is 0.192 e. The number of hydrogen-bond acceptors (Lipinski definition) is 1. The fraction of sp³-hybridized carbons (Fsp3) is 0.462. The van der Waals surface area contributed by atoms with Crippen LogP contribution in [0, 0.1) is 25.2 Å². The lowest BCUT2D eigenvalue weighted by Crippen LogP contribution is -2.08. The first kappa shape index (κ1) is 9.27. The molecule has 0 saturated heterocycles. The molecule has 0 heterocycles. The van der Waals surface area contributed by atoms with E-state index in [1.807, 2.05) is 6.07 Å². The number of aryl methyl sites for hydroxylation is 1. The molecule has 72 valence electrons. The summed E-state index contributed by atoms with van der Waals surface area (Å²) in [6.07, 6.45) is 4.78. The molecule has 1 aromatic rings. The van der Waals surface area contributed by atoms with Gasteiger partial charge in [0, 0.05) is 0 Å². The zero-order valence-corrected chi connectivity index (χ0v) is 8.85. The monoisotopic (exact) mass is 185 g/mol. The number of fused-ring (bicyclic) bond motifs is 1. The third kappa shape index (κ3) is 1.32. The molecule has 14 heavy (non-hydrogen) atoms. The molecule has 1 aliphatic rings. The lowest BCUT2D eigenvalue weighted by Gasteiger charge is -2.20. The lowest BCUT2D eigenvalue weighted by molar-refractivity contribution is 0.679. The van der Waals surface area contributed by atoms with Crippen molar-refractivity contribution in [2.24, 2.45) is 0 Å². The maximum atomic E-state index is 9.06. The maximum Gasteiger partial charge on any atom is 0.0994 e. The SMILES string of the molecule is Cc1cc(C#N)c2c(c1C)CCCC2. The van der Waals surface area contributed by atoms with Gasteiger partial charge in [-0.1, -0.05) is 0 Å². The molecule has 1 aliphatic carbocycles. The Morgan fingerprint density at radius 2 is 1.79 bits per heavy atom. The molecule has 0 saturated carbocycles. The Hall–Kier alpha value is -1.29. The molecule has 0 aromatic heterocycles. The van der Waals surface area contributed by atoms with E-state index in [1.54, 1.807) is 0 Å². The second-order valence-corrected chi connectivity index (χ2v) is 4.14. The average molecular weight is 185 g/mol. The minimum atomic E-state index is 0.905. The van der Waals surface area contributed by atoms with Crippen LogP contribution in [0.1, 0.15) is 40.7 Å². The van der Waals surface area contributed by atoms with Crippen molar-refractivity contribution in [1.82, 2.24) is 0 Å². The van der Waals surface area contributed by atoms with E-state index in [2.05, 4.69) is 19.9 Å². The molecular formula is C13H15N. The van der Waals surface area contributed by atoms with Gasteiger partial charge in [-0.25, -0.2) is 0 Å². The van der Waals surface area contributed by atoms with Crippen LogP contribution in [0.5, 0.6) is 0 Å². The number of hydrogen-bond donors (Lipinski definition) is 0. The van der Waals surface area contributed by atoms with Gasteiger partial charge in [-0.15, -0.1) is 0 Å². The molecule has 2 rings (SSSR count). The zero-order valence-electron chi connectivity index (χ0n) is 8.85. The number of rotatable bonds is 0. The van der Waals surface area contributed by atoms with Gasteiger partial charge in [0.2, 0.25) is 0 Å². The van der Waals surface area contributed by atoms with Gasteiger partial charge in [-0.05, 0) is 67.9 Å². The summed E-state index contributed by atoms with van der Waals surface area (Å²) in [5.74, 6) is 0.